The number of hydrogen-bond donors (Lipinski definition) is 1. The summed E-state index contributed by atoms with van der Waals surface area (Å²) in [5.74, 6) is 0. The lowest BCUT2D eigenvalue weighted by Crippen LogP contribution is -2.40. The molecular weight excluding hydrogens is 318 g/mol. The Hall–Kier alpha value is -1.17. The van der Waals surface area contributed by atoms with Crippen molar-refractivity contribution in [2.24, 2.45) is 5.41 Å². The van der Waals surface area contributed by atoms with Gasteiger partial charge in [-0.3, -0.25) is 0 Å². The Morgan fingerprint density at radius 2 is 2.17 bits per heavy atom. The van der Waals surface area contributed by atoms with Gasteiger partial charge in [-0.15, -0.1) is 0 Å². The summed E-state index contributed by atoms with van der Waals surface area (Å²) in [6.07, 6.45) is 3.34. The van der Waals surface area contributed by atoms with Gasteiger partial charge in [-0.05, 0) is 34.9 Å². The molecule has 0 aromatic heterocycles. The van der Waals surface area contributed by atoms with Crippen LogP contribution in [-0.4, -0.2) is 31.3 Å². The van der Waals surface area contributed by atoms with Crippen molar-refractivity contribution in [2.75, 3.05) is 29.6 Å². The number of benzene rings is 1. The number of anilines is 2. The van der Waals surface area contributed by atoms with E-state index in [9.17, 15) is 0 Å². The molecule has 3 aliphatic rings. The molecule has 0 bridgehead atoms. The van der Waals surface area contributed by atoms with E-state index in [0.29, 0.717) is 11.5 Å². The molecule has 1 unspecified atom stereocenters. The zero-order valence-corrected chi connectivity index (χ0v) is 15.6. The molecule has 3 heterocycles. The third-order valence-electron chi connectivity index (χ3n) is 4.72. The van der Waals surface area contributed by atoms with Crippen molar-refractivity contribution in [2.45, 2.75) is 45.3 Å². The van der Waals surface area contributed by atoms with Gasteiger partial charge in [0.15, 0.2) is 5.50 Å². The molecule has 1 aromatic carbocycles. The quantitative estimate of drug-likeness (QED) is 0.897. The number of ether oxygens (including phenoxy) is 1. The van der Waals surface area contributed by atoms with Crippen molar-refractivity contribution >= 4 is 23.1 Å². The van der Waals surface area contributed by atoms with Crippen LogP contribution in [0.25, 0.3) is 0 Å². The molecule has 4 rings (SSSR count). The molecule has 24 heavy (non-hydrogen) atoms. The summed E-state index contributed by atoms with van der Waals surface area (Å²) in [6, 6.07) is 7.43. The van der Waals surface area contributed by atoms with E-state index in [-0.39, 0.29) is 5.41 Å². The molecular formula is C19H27N3OS. The van der Waals surface area contributed by atoms with Gasteiger partial charge in [0.05, 0.1) is 18.0 Å². The normalized spacial score (nSPS) is 25.5. The van der Waals surface area contributed by atoms with Crippen molar-refractivity contribution in [1.82, 2.24) is 5.32 Å². The Bertz CT molecular complexity index is 634. The molecule has 0 amide bonds. The van der Waals surface area contributed by atoms with E-state index in [0.717, 1.165) is 32.7 Å². The SMILES string of the molecule is CC(C)(C)CN1c2ccc(CNC3CCOC3)cc2N2C=CS[C@@H]21. The predicted octanol–water partition coefficient (Wildman–Crippen LogP) is 3.74. The zero-order chi connectivity index (χ0) is 16.7. The molecule has 0 aliphatic carbocycles. The highest BCUT2D eigenvalue weighted by molar-refractivity contribution is 8.03. The fraction of sp³-hybridized carbons (Fsp3) is 0.579. The Balaban J connectivity index is 1.54. The highest BCUT2D eigenvalue weighted by Gasteiger charge is 2.38. The first kappa shape index (κ1) is 16.3. The molecule has 1 N–H and O–H groups in total. The Kier molecular flexibility index (Phi) is 4.27. The number of hydrogen-bond acceptors (Lipinski definition) is 5. The second kappa shape index (κ2) is 6.28. The molecule has 1 fully saturated rings. The summed E-state index contributed by atoms with van der Waals surface area (Å²) < 4.78 is 5.45. The average molecular weight is 346 g/mol. The smallest absolute Gasteiger partial charge is 0.158 e. The maximum atomic E-state index is 5.45. The number of nitrogens with zero attached hydrogens (tertiary/aromatic N) is 2. The van der Waals surface area contributed by atoms with Gasteiger partial charge in [0.2, 0.25) is 0 Å². The maximum Gasteiger partial charge on any atom is 0.158 e. The summed E-state index contributed by atoms with van der Waals surface area (Å²) in [7, 11) is 0. The second-order valence-corrected chi connectivity index (χ2v) is 9.07. The van der Waals surface area contributed by atoms with Crippen molar-refractivity contribution < 1.29 is 4.74 Å². The predicted molar refractivity (Wildman–Crippen MR) is 102 cm³/mol. The third kappa shape index (κ3) is 3.17. The van der Waals surface area contributed by atoms with Crippen LogP contribution >= 0.6 is 11.8 Å². The van der Waals surface area contributed by atoms with Crippen LogP contribution in [0.15, 0.2) is 29.8 Å². The van der Waals surface area contributed by atoms with Crippen molar-refractivity contribution in [1.29, 1.82) is 0 Å². The Morgan fingerprint density at radius 3 is 2.92 bits per heavy atom. The van der Waals surface area contributed by atoms with E-state index in [1.807, 2.05) is 11.8 Å². The van der Waals surface area contributed by atoms with Crippen molar-refractivity contribution in [3.05, 3.63) is 35.4 Å². The Labute approximate surface area is 149 Å². The van der Waals surface area contributed by atoms with Crippen LogP contribution < -0.4 is 15.1 Å². The molecule has 3 aliphatic heterocycles. The van der Waals surface area contributed by atoms with Crippen LogP contribution in [-0.2, 0) is 11.3 Å². The van der Waals surface area contributed by atoms with Gasteiger partial charge in [0, 0.05) is 31.9 Å². The molecule has 4 nitrogen and oxygen atoms in total. The van der Waals surface area contributed by atoms with Gasteiger partial charge in [0.1, 0.15) is 0 Å². The van der Waals surface area contributed by atoms with Gasteiger partial charge < -0.3 is 19.9 Å². The molecule has 0 radical (unpaired) electrons. The number of nitrogens with one attached hydrogen (secondary N) is 1. The van der Waals surface area contributed by atoms with Gasteiger partial charge in [-0.1, -0.05) is 38.6 Å². The minimum absolute atomic E-state index is 0.277. The van der Waals surface area contributed by atoms with Gasteiger partial charge in [0.25, 0.3) is 0 Å². The van der Waals surface area contributed by atoms with Crippen molar-refractivity contribution in [3.63, 3.8) is 0 Å². The first-order chi connectivity index (χ1) is 11.5. The van der Waals surface area contributed by atoms with Crippen LogP contribution in [0.3, 0.4) is 0 Å². The minimum Gasteiger partial charge on any atom is -0.380 e. The van der Waals surface area contributed by atoms with Crippen LogP contribution in [0.5, 0.6) is 0 Å². The number of rotatable bonds is 4. The largest absolute Gasteiger partial charge is 0.380 e. The van der Waals surface area contributed by atoms with Crippen LogP contribution in [0.4, 0.5) is 11.4 Å². The number of fused-ring (bicyclic) bond motifs is 3. The highest BCUT2D eigenvalue weighted by Crippen LogP contribution is 2.48. The van der Waals surface area contributed by atoms with E-state index in [1.165, 1.54) is 16.9 Å². The molecule has 130 valence electrons. The number of thioether (sulfide) groups is 1. The summed E-state index contributed by atoms with van der Waals surface area (Å²) in [6.45, 7) is 10.6. The average Bonchev–Trinajstić information content (AvgIpc) is 3.24. The monoisotopic (exact) mass is 345 g/mol. The maximum absolute atomic E-state index is 5.45. The third-order valence-corrected chi connectivity index (χ3v) is 5.73. The molecule has 1 saturated heterocycles. The zero-order valence-electron chi connectivity index (χ0n) is 14.8. The van der Waals surface area contributed by atoms with E-state index in [2.05, 4.69) is 65.7 Å². The van der Waals surface area contributed by atoms with Gasteiger partial charge in [-0.25, -0.2) is 0 Å². The van der Waals surface area contributed by atoms with Crippen molar-refractivity contribution in [3.8, 4) is 0 Å². The highest BCUT2D eigenvalue weighted by atomic mass is 32.2. The van der Waals surface area contributed by atoms with E-state index in [4.69, 9.17) is 4.74 Å². The lowest BCUT2D eigenvalue weighted by molar-refractivity contribution is 0.190. The van der Waals surface area contributed by atoms with Crippen LogP contribution in [0.1, 0.15) is 32.8 Å². The first-order valence-electron chi connectivity index (χ1n) is 8.82. The molecule has 2 atom stereocenters. The second-order valence-electron chi connectivity index (χ2n) is 8.11. The van der Waals surface area contributed by atoms with Gasteiger partial charge in [-0.2, -0.15) is 0 Å². The standard InChI is InChI=1S/C19H27N3OS/c1-19(2,3)13-22-16-5-4-14(11-20-15-6-8-23-12-15)10-17(16)21-7-9-24-18(21)22/h4-5,7,9-10,15,18,20H,6,8,11-13H2,1-3H3/t15?,18-/m0/s1. The first-order valence-corrected chi connectivity index (χ1v) is 9.77. The molecule has 0 saturated carbocycles. The van der Waals surface area contributed by atoms with Crippen LogP contribution in [0.2, 0.25) is 0 Å². The van der Waals surface area contributed by atoms with Crippen LogP contribution in [0, 0.1) is 5.41 Å². The Morgan fingerprint density at radius 1 is 1.29 bits per heavy atom. The summed E-state index contributed by atoms with van der Waals surface area (Å²) in [4.78, 5) is 4.95. The minimum atomic E-state index is 0.277. The fourth-order valence-electron chi connectivity index (χ4n) is 3.61. The van der Waals surface area contributed by atoms with Gasteiger partial charge >= 0.3 is 0 Å². The van der Waals surface area contributed by atoms with E-state index in [1.54, 1.807) is 0 Å². The fourth-order valence-corrected chi connectivity index (χ4v) is 4.60. The summed E-state index contributed by atoms with van der Waals surface area (Å²) in [5.41, 5.74) is 4.71. The lowest BCUT2D eigenvalue weighted by Gasteiger charge is -2.32. The lowest BCUT2D eigenvalue weighted by atomic mass is 9.96. The molecule has 5 heteroatoms. The topological polar surface area (TPSA) is 27.7 Å². The molecule has 1 aromatic rings. The summed E-state index contributed by atoms with van der Waals surface area (Å²) >= 11 is 1.90. The van der Waals surface area contributed by atoms with E-state index < -0.39 is 0 Å². The molecule has 0 spiro atoms. The summed E-state index contributed by atoms with van der Waals surface area (Å²) in [5, 5.41) is 5.83. The van der Waals surface area contributed by atoms with E-state index >= 15 is 0 Å².